The summed E-state index contributed by atoms with van der Waals surface area (Å²) < 4.78 is 25.4. The van der Waals surface area contributed by atoms with Gasteiger partial charge in [0.2, 0.25) is 5.91 Å². The van der Waals surface area contributed by atoms with Crippen molar-refractivity contribution in [3.05, 3.63) is 41.8 Å². The Morgan fingerprint density at radius 1 is 0.978 bits per heavy atom. The predicted octanol–water partition coefficient (Wildman–Crippen LogP) is 3.36. The number of piperidine rings is 1. The zero-order valence-electron chi connectivity index (χ0n) is 26.9. The Morgan fingerprint density at radius 2 is 1.65 bits per heavy atom. The van der Waals surface area contributed by atoms with Gasteiger partial charge in [0.05, 0.1) is 24.7 Å². The molecule has 1 aromatic carbocycles. The molecule has 13 heteroatoms. The van der Waals surface area contributed by atoms with Gasteiger partial charge in [-0.2, -0.15) is 0 Å². The molecule has 2 aromatic rings. The molecular formula is C33H43FN6O6. The first kappa shape index (κ1) is 33.1. The van der Waals surface area contributed by atoms with Crippen LogP contribution in [0.2, 0.25) is 0 Å². The van der Waals surface area contributed by atoms with Crippen LogP contribution >= 0.6 is 0 Å². The van der Waals surface area contributed by atoms with Crippen molar-refractivity contribution < 1.29 is 33.0 Å². The van der Waals surface area contributed by atoms with E-state index < -0.39 is 17.8 Å². The quantitative estimate of drug-likeness (QED) is 0.291. The third kappa shape index (κ3) is 7.23. The number of carbonyl (C=O) groups excluding carboxylic acids is 4. The van der Waals surface area contributed by atoms with E-state index in [0.29, 0.717) is 58.3 Å². The van der Waals surface area contributed by atoms with Gasteiger partial charge in [0.25, 0.3) is 5.91 Å². The lowest BCUT2D eigenvalue weighted by Gasteiger charge is -2.36. The molecule has 3 atom stereocenters. The summed E-state index contributed by atoms with van der Waals surface area (Å²) in [6, 6.07) is 6.78. The second-order valence-corrected chi connectivity index (χ2v) is 12.4. The number of halogens is 1. The van der Waals surface area contributed by atoms with Crippen LogP contribution in [-0.2, 0) is 19.1 Å². The second kappa shape index (κ2) is 14.4. The Labute approximate surface area is 268 Å². The fourth-order valence-corrected chi connectivity index (χ4v) is 6.21. The van der Waals surface area contributed by atoms with E-state index >= 15 is 0 Å². The lowest BCUT2D eigenvalue weighted by molar-refractivity contribution is -0.145. The van der Waals surface area contributed by atoms with Crippen LogP contribution in [0.15, 0.2) is 30.3 Å². The maximum absolute atomic E-state index is 14.9. The monoisotopic (exact) mass is 638 g/mol. The van der Waals surface area contributed by atoms with E-state index in [1.807, 2.05) is 25.7 Å². The molecule has 1 saturated carbocycles. The summed E-state index contributed by atoms with van der Waals surface area (Å²) in [4.78, 5) is 66.2. The molecule has 248 valence electrons. The molecule has 12 nitrogen and oxygen atoms in total. The molecule has 0 radical (unpaired) electrons. The molecule has 2 aliphatic heterocycles. The molecule has 3 amide bonds. The number of nitrogens with one attached hydrogen (secondary N) is 1. The van der Waals surface area contributed by atoms with E-state index in [-0.39, 0.29) is 58.7 Å². The van der Waals surface area contributed by atoms with Crippen LogP contribution in [0.4, 0.5) is 15.0 Å². The molecule has 2 unspecified atom stereocenters. The van der Waals surface area contributed by atoms with Gasteiger partial charge in [0, 0.05) is 45.3 Å². The molecule has 2 saturated heterocycles. The second-order valence-electron chi connectivity index (χ2n) is 12.4. The molecular weight excluding hydrogens is 595 g/mol. The van der Waals surface area contributed by atoms with Crippen LogP contribution in [0.5, 0.6) is 0 Å². The molecule has 1 aromatic heterocycles. The first-order valence-electron chi connectivity index (χ1n) is 16.2. The van der Waals surface area contributed by atoms with Gasteiger partial charge in [-0.1, -0.05) is 39.3 Å². The summed E-state index contributed by atoms with van der Waals surface area (Å²) >= 11 is 0. The lowest BCUT2D eigenvalue weighted by atomic mass is 10.0. The fraction of sp³-hybridized carbons (Fsp3) is 0.576. The zero-order valence-corrected chi connectivity index (χ0v) is 26.9. The van der Waals surface area contributed by atoms with E-state index in [2.05, 4.69) is 15.3 Å². The third-order valence-corrected chi connectivity index (χ3v) is 8.93. The smallest absolute Gasteiger partial charge is 0.409 e. The van der Waals surface area contributed by atoms with Crippen LogP contribution in [0.25, 0.3) is 11.4 Å². The number of hydrogen-bond donors (Lipinski definition) is 1. The fourth-order valence-electron chi connectivity index (χ4n) is 6.21. The van der Waals surface area contributed by atoms with Crippen LogP contribution in [0.1, 0.15) is 51.0 Å². The highest BCUT2D eigenvalue weighted by atomic mass is 19.1. The van der Waals surface area contributed by atoms with Gasteiger partial charge in [-0.15, -0.1) is 0 Å². The third-order valence-electron chi connectivity index (χ3n) is 8.93. The van der Waals surface area contributed by atoms with E-state index in [1.165, 1.54) is 6.07 Å². The summed E-state index contributed by atoms with van der Waals surface area (Å²) in [5.74, 6) is -1.18. The minimum atomic E-state index is -0.851. The van der Waals surface area contributed by atoms with E-state index in [9.17, 15) is 23.6 Å². The van der Waals surface area contributed by atoms with Crippen molar-refractivity contribution in [3.8, 4) is 11.4 Å². The normalized spacial score (nSPS) is 21.1. The molecule has 3 aliphatic rings. The number of ether oxygens (including phenoxy) is 2. The molecule has 3 heterocycles. The summed E-state index contributed by atoms with van der Waals surface area (Å²) in [5.41, 5.74) is 0.151. The minimum Gasteiger partial charge on any atom is -0.466 e. The lowest BCUT2D eigenvalue weighted by Crippen LogP contribution is -2.57. The Kier molecular flexibility index (Phi) is 10.4. The first-order chi connectivity index (χ1) is 22.1. The van der Waals surface area contributed by atoms with Gasteiger partial charge < -0.3 is 29.5 Å². The number of carbonyl (C=O) groups is 4. The Balaban J connectivity index is 1.30. The molecule has 0 spiro atoms. The molecule has 3 fully saturated rings. The Morgan fingerprint density at radius 3 is 2.28 bits per heavy atom. The van der Waals surface area contributed by atoms with Gasteiger partial charge in [-0.3, -0.25) is 14.4 Å². The van der Waals surface area contributed by atoms with Crippen LogP contribution in [0.3, 0.4) is 0 Å². The van der Waals surface area contributed by atoms with Gasteiger partial charge >= 0.3 is 12.1 Å². The zero-order chi connectivity index (χ0) is 33.0. The molecule has 1 aliphatic carbocycles. The highest BCUT2D eigenvalue weighted by Gasteiger charge is 2.60. The first-order valence-corrected chi connectivity index (χ1v) is 16.2. The number of nitrogens with zero attached hydrogens (tertiary/aromatic N) is 5. The van der Waals surface area contributed by atoms with Gasteiger partial charge in [-0.25, -0.2) is 19.2 Å². The molecule has 0 bridgehead atoms. The number of rotatable bonds is 11. The average Bonchev–Trinajstić information content (AvgIpc) is 3.56. The minimum absolute atomic E-state index is 0.00358. The van der Waals surface area contributed by atoms with Gasteiger partial charge in [0.15, 0.2) is 5.82 Å². The number of esters is 1. The number of aromatic nitrogens is 2. The Hall–Kier alpha value is -4.29. The number of hydrogen-bond acceptors (Lipinski definition) is 9. The number of unbranched alkanes of at least 4 members (excludes halogenated alkanes) is 1. The number of anilines is 1. The van der Waals surface area contributed by atoms with Crippen molar-refractivity contribution in [2.45, 2.75) is 46.6 Å². The van der Waals surface area contributed by atoms with Crippen LogP contribution in [0, 0.1) is 29.5 Å². The maximum atomic E-state index is 14.9. The topological polar surface area (TPSA) is 134 Å². The van der Waals surface area contributed by atoms with Crippen LogP contribution in [-0.4, -0.2) is 102 Å². The van der Waals surface area contributed by atoms with Crippen molar-refractivity contribution in [2.75, 3.05) is 57.4 Å². The van der Waals surface area contributed by atoms with Crippen molar-refractivity contribution in [1.29, 1.82) is 0 Å². The van der Waals surface area contributed by atoms with Crippen molar-refractivity contribution >= 4 is 29.7 Å². The van der Waals surface area contributed by atoms with E-state index in [1.54, 1.807) is 41.0 Å². The van der Waals surface area contributed by atoms with Crippen molar-refractivity contribution in [2.24, 2.45) is 23.7 Å². The van der Waals surface area contributed by atoms with Crippen molar-refractivity contribution in [3.63, 3.8) is 0 Å². The molecule has 1 N–H and O–H groups in total. The summed E-state index contributed by atoms with van der Waals surface area (Å²) in [6.07, 6.45) is 1.34. The van der Waals surface area contributed by atoms with E-state index in [0.717, 1.165) is 12.8 Å². The van der Waals surface area contributed by atoms with Gasteiger partial charge in [-0.05, 0) is 43.2 Å². The SMILES string of the molecule is CCCCOC(=O)N1CCN(C(=O)[C@@H](NC(=O)c2cc(N3CC4C(C3)C4C(=O)OCC)nc(-c3ccccc3F)n2)C(C)C)CC1. The van der Waals surface area contributed by atoms with Crippen molar-refractivity contribution in [1.82, 2.24) is 25.1 Å². The summed E-state index contributed by atoms with van der Waals surface area (Å²) in [6.45, 7) is 10.6. The maximum Gasteiger partial charge on any atom is 0.409 e. The standard InChI is InChI=1S/C33H43FN6O6/c1-5-7-16-46-33(44)39-14-12-38(13-15-39)31(42)28(20(3)4)37-30(41)25-17-26(36-29(35-25)21-10-8-9-11-24(21)34)40-18-22-23(19-40)27(22)32(43)45-6-2/h8-11,17,20,22-23,27-28H,5-7,12-16,18-19H2,1-4H3,(H,37,41)/t22?,23?,27?,28-/m0/s1. The highest BCUT2D eigenvalue weighted by Crippen LogP contribution is 2.53. The molecule has 46 heavy (non-hydrogen) atoms. The predicted molar refractivity (Wildman–Crippen MR) is 167 cm³/mol. The number of piperazine rings is 1. The number of benzene rings is 1. The molecule has 5 rings (SSSR count). The number of fused-ring (bicyclic) bond motifs is 1. The highest BCUT2D eigenvalue weighted by molar-refractivity contribution is 5.97. The number of amides is 3. The largest absolute Gasteiger partial charge is 0.466 e. The van der Waals surface area contributed by atoms with E-state index in [4.69, 9.17) is 9.47 Å². The summed E-state index contributed by atoms with van der Waals surface area (Å²) in [7, 11) is 0. The van der Waals surface area contributed by atoms with Crippen LogP contribution < -0.4 is 10.2 Å². The average molecular weight is 639 g/mol. The Bertz CT molecular complexity index is 1440. The van der Waals surface area contributed by atoms with Gasteiger partial charge in [0.1, 0.15) is 23.4 Å². The summed E-state index contributed by atoms with van der Waals surface area (Å²) in [5, 5.41) is 2.86.